The Labute approximate surface area is 176 Å². The van der Waals surface area contributed by atoms with Gasteiger partial charge in [0.1, 0.15) is 28.8 Å². The predicted molar refractivity (Wildman–Crippen MR) is 114 cm³/mol. The van der Waals surface area contributed by atoms with Crippen molar-refractivity contribution in [3.63, 3.8) is 0 Å². The van der Waals surface area contributed by atoms with Crippen LogP contribution in [0.4, 0.5) is 0 Å². The lowest BCUT2D eigenvalue weighted by molar-refractivity contribution is 0.305. The molecule has 0 unspecified atom stereocenters. The third-order valence-corrected chi connectivity index (χ3v) is 5.58. The van der Waals surface area contributed by atoms with Gasteiger partial charge in [0.05, 0.1) is 7.11 Å². The molecular weight excluding hydrogens is 404 g/mol. The van der Waals surface area contributed by atoms with Crippen LogP contribution in [0.5, 0.6) is 23.0 Å². The number of ether oxygens (including phenoxy) is 3. The van der Waals surface area contributed by atoms with Gasteiger partial charge in [0, 0.05) is 0 Å². The molecule has 1 N–H and O–H groups in total. The summed E-state index contributed by atoms with van der Waals surface area (Å²) >= 11 is 0. The van der Waals surface area contributed by atoms with E-state index < -0.39 is 10.1 Å². The third kappa shape index (κ3) is 5.11. The van der Waals surface area contributed by atoms with Gasteiger partial charge in [-0.2, -0.15) is 8.42 Å². The number of hydrogen-bond acceptors (Lipinski definition) is 5. The van der Waals surface area contributed by atoms with Crippen molar-refractivity contribution in [2.45, 2.75) is 31.8 Å². The highest BCUT2D eigenvalue weighted by atomic mass is 32.2. The first-order valence-corrected chi connectivity index (χ1v) is 10.9. The summed E-state index contributed by atoms with van der Waals surface area (Å²) in [6.07, 6.45) is 0.563. The number of methoxy groups -OCH3 is 1. The van der Waals surface area contributed by atoms with E-state index in [1.807, 2.05) is 38.1 Å². The molecule has 0 amide bonds. The third-order valence-electron chi connectivity index (χ3n) is 4.70. The monoisotopic (exact) mass is 428 g/mol. The maximum absolute atomic E-state index is 11.8. The van der Waals surface area contributed by atoms with Gasteiger partial charge in [0.25, 0.3) is 10.1 Å². The molecule has 0 aliphatic heterocycles. The van der Waals surface area contributed by atoms with Crippen molar-refractivity contribution in [2.75, 3.05) is 7.11 Å². The van der Waals surface area contributed by atoms with Gasteiger partial charge in [-0.1, -0.05) is 25.1 Å². The number of aryl methyl sites for hydroxylation is 1. The molecule has 30 heavy (non-hydrogen) atoms. The minimum absolute atomic E-state index is 0.145. The van der Waals surface area contributed by atoms with Crippen molar-refractivity contribution in [2.24, 2.45) is 0 Å². The van der Waals surface area contributed by atoms with Crippen molar-refractivity contribution in [1.82, 2.24) is 0 Å². The molecule has 0 aliphatic rings. The fourth-order valence-corrected chi connectivity index (χ4v) is 3.71. The molecular formula is C23H24O6S. The molecule has 0 atom stereocenters. The SMILES string of the molecule is CCc1c(C)ccc(S(=O)(=O)O)c1Oc1ccc(OCc2ccc(OC)cc2)cc1. The Morgan fingerprint density at radius 2 is 1.47 bits per heavy atom. The molecule has 0 aromatic heterocycles. The summed E-state index contributed by atoms with van der Waals surface area (Å²) in [6, 6.07) is 17.5. The van der Waals surface area contributed by atoms with Gasteiger partial charge in [-0.05, 0) is 72.5 Å². The molecule has 6 nitrogen and oxygen atoms in total. The lowest BCUT2D eigenvalue weighted by Crippen LogP contribution is -2.05. The second kappa shape index (κ2) is 9.19. The fraction of sp³-hybridized carbons (Fsp3) is 0.217. The second-order valence-electron chi connectivity index (χ2n) is 6.73. The first-order chi connectivity index (χ1) is 14.3. The largest absolute Gasteiger partial charge is 0.497 e. The molecule has 0 radical (unpaired) electrons. The molecule has 158 valence electrons. The summed E-state index contributed by atoms with van der Waals surface area (Å²) in [5.74, 6) is 2.02. The highest BCUT2D eigenvalue weighted by molar-refractivity contribution is 7.86. The van der Waals surface area contributed by atoms with Gasteiger partial charge in [0.15, 0.2) is 5.75 Å². The number of benzene rings is 3. The maximum Gasteiger partial charge on any atom is 0.298 e. The molecule has 0 aliphatic carbocycles. The molecule has 0 saturated heterocycles. The molecule has 0 heterocycles. The highest BCUT2D eigenvalue weighted by Crippen LogP contribution is 2.35. The predicted octanol–water partition coefficient (Wildman–Crippen LogP) is 5.18. The minimum atomic E-state index is -4.41. The van der Waals surface area contributed by atoms with E-state index in [-0.39, 0.29) is 10.6 Å². The smallest absolute Gasteiger partial charge is 0.298 e. The van der Waals surface area contributed by atoms with Gasteiger partial charge in [-0.25, -0.2) is 0 Å². The van der Waals surface area contributed by atoms with Crippen LogP contribution in [0.2, 0.25) is 0 Å². The van der Waals surface area contributed by atoms with Gasteiger partial charge >= 0.3 is 0 Å². The van der Waals surface area contributed by atoms with Crippen LogP contribution in [0.3, 0.4) is 0 Å². The van der Waals surface area contributed by atoms with E-state index in [2.05, 4.69) is 0 Å². The summed E-state index contributed by atoms with van der Waals surface area (Å²) in [6.45, 7) is 4.17. The first kappa shape index (κ1) is 21.7. The Bertz CT molecular complexity index is 1100. The summed E-state index contributed by atoms with van der Waals surface area (Å²) in [5.41, 5.74) is 2.62. The molecule has 3 aromatic rings. The summed E-state index contributed by atoms with van der Waals surface area (Å²) in [4.78, 5) is -0.246. The van der Waals surface area contributed by atoms with Crippen molar-refractivity contribution in [3.8, 4) is 23.0 Å². The van der Waals surface area contributed by atoms with Crippen LogP contribution in [0.1, 0.15) is 23.6 Å². The summed E-state index contributed by atoms with van der Waals surface area (Å²) in [5, 5.41) is 0. The summed E-state index contributed by atoms with van der Waals surface area (Å²) < 4.78 is 49.9. The fourth-order valence-electron chi connectivity index (χ4n) is 3.07. The first-order valence-electron chi connectivity index (χ1n) is 9.45. The highest BCUT2D eigenvalue weighted by Gasteiger charge is 2.21. The zero-order valence-corrected chi connectivity index (χ0v) is 17.9. The number of rotatable bonds is 8. The quantitative estimate of drug-likeness (QED) is 0.498. The van der Waals surface area contributed by atoms with Crippen LogP contribution >= 0.6 is 0 Å². The van der Waals surface area contributed by atoms with Crippen LogP contribution in [-0.2, 0) is 23.1 Å². The van der Waals surface area contributed by atoms with E-state index in [4.69, 9.17) is 14.2 Å². The van der Waals surface area contributed by atoms with E-state index in [9.17, 15) is 13.0 Å². The van der Waals surface area contributed by atoms with Crippen LogP contribution < -0.4 is 14.2 Å². The van der Waals surface area contributed by atoms with E-state index in [0.29, 0.717) is 24.5 Å². The topological polar surface area (TPSA) is 82.1 Å². The van der Waals surface area contributed by atoms with Crippen molar-refractivity contribution >= 4 is 10.1 Å². The summed E-state index contributed by atoms with van der Waals surface area (Å²) in [7, 11) is -2.79. The average molecular weight is 429 g/mol. The Kier molecular flexibility index (Phi) is 6.64. The molecule has 0 spiro atoms. The Balaban J connectivity index is 1.76. The lowest BCUT2D eigenvalue weighted by atomic mass is 10.1. The Morgan fingerprint density at radius 1 is 0.867 bits per heavy atom. The maximum atomic E-state index is 11.8. The Morgan fingerprint density at radius 3 is 2.03 bits per heavy atom. The van der Waals surface area contributed by atoms with Crippen molar-refractivity contribution < 1.29 is 27.2 Å². The standard InChI is InChI=1S/C23H24O6S/c1-4-21-16(2)5-14-22(30(24,25)26)23(21)29-20-12-10-19(11-13-20)28-15-17-6-8-18(27-3)9-7-17/h5-14H,4,15H2,1-3H3,(H,24,25,26). The normalized spacial score (nSPS) is 11.2. The van der Waals surface area contributed by atoms with E-state index in [1.165, 1.54) is 6.07 Å². The van der Waals surface area contributed by atoms with E-state index in [0.717, 1.165) is 22.4 Å². The van der Waals surface area contributed by atoms with Crippen LogP contribution in [0, 0.1) is 6.92 Å². The Hall–Kier alpha value is -3.03. The average Bonchev–Trinajstić information content (AvgIpc) is 2.73. The van der Waals surface area contributed by atoms with Crippen LogP contribution in [0.15, 0.2) is 65.6 Å². The molecule has 0 saturated carbocycles. The second-order valence-corrected chi connectivity index (χ2v) is 8.12. The van der Waals surface area contributed by atoms with Crippen molar-refractivity contribution in [1.29, 1.82) is 0 Å². The molecule has 3 aromatic carbocycles. The van der Waals surface area contributed by atoms with E-state index >= 15 is 0 Å². The van der Waals surface area contributed by atoms with Crippen LogP contribution in [0.25, 0.3) is 0 Å². The van der Waals surface area contributed by atoms with Gasteiger partial charge < -0.3 is 14.2 Å². The zero-order chi connectivity index (χ0) is 21.7. The lowest BCUT2D eigenvalue weighted by Gasteiger charge is -2.16. The van der Waals surface area contributed by atoms with Gasteiger partial charge in [-0.15, -0.1) is 0 Å². The van der Waals surface area contributed by atoms with Crippen molar-refractivity contribution in [3.05, 3.63) is 77.4 Å². The number of hydrogen-bond donors (Lipinski definition) is 1. The minimum Gasteiger partial charge on any atom is -0.497 e. The van der Waals surface area contributed by atoms with Crippen LogP contribution in [-0.4, -0.2) is 20.1 Å². The zero-order valence-electron chi connectivity index (χ0n) is 17.1. The molecule has 0 bridgehead atoms. The van der Waals surface area contributed by atoms with Gasteiger partial charge in [0.2, 0.25) is 0 Å². The van der Waals surface area contributed by atoms with E-state index in [1.54, 1.807) is 37.4 Å². The molecule has 7 heteroatoms. The molecule has 0 fully saturated rings. The van der Waals surface area contributed by atoms with Gasteiger partial charge in [-0.3, -0.25) is 4.55 Å². The molecule has 3 rings (SSSR count).